The Bertz CT molecular complexity index is 566. The van der Waals surface area contributed by atoms with Crippen LogP contribution in [0.15, 0.2) is 50.7 Å². The van der Waals surface area contributed by atoms with Crippen molar-refractivity contribution in [1.82, 2.24) is 0 Å². The summed E-state index contributed by atoms with van der Waals surface area (Å²) in [6.07, 6.45) is 0. The molecular weight excluding hydrogens is 306 g/mol. The molecule has 0 fully saturated rings. The zero-order valence-corrected chi connectivity index (χ0v) is 12.9. The van der Waals surface area contributed by atoms with Crippen LogP contribution in [0.1, 0.15) is 16.7 Å². The Hall–Kier alpha value is -0.770. The molecule has 3 heteroatoms. The third kappa shape index (κ3) is 3.16. The van der Waals surface area contributed by atoms with Gasteiger partial charge in [0.1, 0.15) is 0 Å². The topological polar surface area (TPSA) is 26.0 Å². The Balaban J connectivity index is 2.31. The molecule has 0 radical (unpaired) electrons. The predicted octanol–water partition coefficient (Wildman–Crippen LogP) is 4.68. The fourth-order valence-corrected chi connectivity index (χ4v) is 3.36. The molecule has 2 N–H and O–H groups in total. The van der Waals surface area contributed by atoms with Crippen LogP contribution in [0.3, 0.4) is 0 Å². The van der Waals surface area contributed by atoms with Crippen LogP contribution in [-0.2, 0) is 6.54 Å². The zero-order chi connectivity index (χ0) is 13.1. The highest BCUT2D eigenvalue weighted by molar-refractivity contribution is 9.10. The molecule has 0 aromatic heterocycles. The molecule has 0 aliphatic rings. The maximum absolute atomic E-state index is 5.64. The maximum Gasteiger partial charge on any atom is 0.0318 e. The minimum absolute atomic E-state index is 0.576. The van der Waals surface area contributed by atoms with Crippen LogP contribution in [0.5, 0.6) is 0 Å². The summed E-state index contributed by atoms with van der Waals surface area (Å²) in [5.74, 6) is 0. The van der Waals surface area contributed by atoms with Gasteiger partial charge < -0.3 is 5.73 Å². The van der Waals surface area contributed by atoms with Gasteiger partial charge in [-0.2, -0.15) is 0 Å². The lowest BCUT2D eigenvalue weighted by atomic mass is 10.2. The normalized spacial score (nSPS) is 10.7. The number of nitrogens with two attached hydrogens (primary N) is 1. The van der Waals surface area contributed by atoms with E-state index in [4.69, 9.17) is 5.73 Å². The van der Waals surface area contributed by atoms with Gasteiger partial charge in [0.05, 0.1) is 0 Å². The number of halogens is 1. The largest absolute Gasteiger partial charge is 0.326 e. The van der Waals surface area contributed by atoms with E-state index < -0.39 is 0 Å². The monoisotopic (exact) mass is 321 g/mol. The first-order valence-electron chi connectivity index (χ1n) is 5.84. The molecule has 0 heterocycles. The van der Waals surface area contributed by atoms with Crippen molar-refractivity contribution in [2.75, 3.05) is 0 Å². The average Bonchev–Trinajstić information content (AvgIpc) is 2.36. The summed E-state index contributed by atoms with van der Waals surface area (Å²) in [5.41, 5.74) is 9.38. The smallest absolute Gasteiger partial charge is 0.0318 e. The van der Waals surface area contributed by atoms with E-state index in [-0.39, 0.29) is 0 Å². The molecule has 0 amide bonds. The van der Waals surface area contributed by atoms with Crippen molar-refractivity contribution in [3.05, 3.63) is 57.6 Å². The summed E-state index contributed by atoms with van der Waals surface area (Å²) < 4.78 is 1.11. The molecule has 18 heavy (non-hydrogen) atoms. The van der Waals surface area contributed by atoms with Gasteiger partial charge in [0.2, 0.25) is 0 Å². The third-order valence-electron chi connectivity index (χ3n) is 2.80. The summed E-state index contributed by atoms with van der Waals surface area (Å²) in [7, 11) is 0. The Morgan fingerprint density at radius 1 is 1.06 bits per heavy atom. The second kappa shape index (κ2) is 5.91. The molecule has 1 nitrogen and oxygen atoms in total. The van der Waals surface area contributed by atoms with E-state index in [9.17, 15) is 0 Å². The lowest BCUT2D eigenvalue weighted by Gasteiger charge is -2.09. The molecule has 0 saturated carbocycles. The number of hydrogen-bond donors (Lipinski definition) is 1. The zero-order valence-electron chi connectivity index (χ0n) is 10.5. The van der Waals surface area contributed by atoms with Gasteiger partial charge in [-0.05, 0) is 64.7 Å². The van der Waals surface area contributed by atoms with E-state index in [1.165, 1.54) is 20.9 Å². The van der Waals surface area contributed by atoms with Crippen molar-refractivity contribution in [2.24, 2.45) is 5.73 Å². The van der Waals surface area contributed by atoms with E-state index in [1.807, 2.05) is 0 Å². The highest BCUT2D eigenvalue weighted by Gasteiger charge is 2.06. The standard InChI is InChI=1S/C15H16BrNS/c1-10-3-4-11(2)15(7-10)18-14-6-5-12(9-17)8-13(14)16/h3-8H,9,17H2,1-2H3. The summed E-state index contributed by atoms with van der Waals surface area (Å²) >= 11 is 5.40. The molecule has 0 atom stereocenters. The minimum Gasteiger partial charge on any atom is -0.326 e. The number of hydrogen-bond acceptors (Lipinski definition) is 2. The van der Waals surface area contributed by atoms with Crippen LogP contribution >= 0.6 is 27.7 Å². The molecule has 0 unspecified atom stereocenters. The van der Waals surface area contributed by atoms with Crippen LogP contribution in [-0.4, -0.2) is 0 Å². The Kier molecular flexibility index (Phi) is 4.49. The molecule has 94 valence electrons. The van der Waals surface area contributed by atoms with Gasteiger partial charge in [0.15, 0.2) is 0 Å². The Labute approximate surface area is 121 Å². The quantitative estimate of drug-likeness (QED) is 0.888. The molecule has 2 rings (SSSR count). The van der Waals surface area contributed by atoms with Gasteiger partial charge in [-0.25, -0.2) is 0 Å². The van der Waals surface area contributed by atoms with Gasteiger partial charge in [-0.3, -0.25) is 0 Å². The van der Waals surface area contributed by atoms with Gasteiger partial charge in [0, 0.05) is 20.8 Å². The van der Waals surface area contributed by atoms with Crippen molar-refractivity contribution >= 4 is 27.7 Å². The third-order valence-corrected chi connectivity index (χ3v) is 4.95. The summed E-state index contributed by atoms with van der Waals surface area (Å²) in [5, 5.41) is 0. The molecule has 0 bridgehead atoms. The van der Waals surface area contributed by atoms with Crippen LogP contribution < -0.4 is 5.73 Å². The van der Waals surface area contributed by atoms with Crippen LogP contribution in [0.2, 0.25) is 0 Å². The van der Waals surface area contributed by atoms with E-state index in [0.29, 0.717) is 6.54 Å². The van der Waals surface area contributed by atoms with E-state index in [0.717, 1.165) is 10.0 Å². The molecule has 0 aliphatic heterocycles. The van der Waals surface area contributed by atoms with Gasteiger partial charge in [-0.1, -0.05) is 30.0 Å². The van der Waals surface area contributed by atoms with Crippen LogP contribution in [0.25, 0.3) is 0 Å². The van der Waals surface area contributed by atoms with Crippen LogP contribution in [0.4, 0.5) is 0 Å². The van der Waals surface area contributed by atoms with Crippen molar-refractivity contribution in [3.63, 3.8) is 0 Å². The van der Waals surface area contributed by atoms with Gasteiger partial charge in [-0.15, -0.1) is 0 Å². The van der Waals surface area contributed by atoms with E-state index in [1.54, 1.807) is 11.8 Å². The fraction of sp³-hybridized carbons (Fsp3) is 0.200. The molecule has 2 aromatic carbocycles. The van der Waals surface area contributed by atoms with Crippen LogP contribution in [0, 0.1) is 13.8 Å². The summed E-state index contributed by atoms with van der Waals surface area (Å²) in [4.78, 5) is 2.53. The lowest BCUT2D eigenvalue weighted by Crippen LogP contribution is -1.95. The highest BCUT2D eigenvalue weighted by Crippen LogP contribution is 2.36. The number of benzene rings is 2. The second-order valence-electron chi connectivity index (χ2n) is 4.34. The molecule has 0 aliphatic carbocycles. The molecule has 0 spiro atoms. The minimum atomic E-state index is 0.576. The van der Waals surface area contributed by atoms with Gasteiger partial charge >= 0.3 is 0 Å². The summed E-state index contributed by atoms with van der Waals surface area (Å²) in [6, 6.07) is 12.8. The lowest BCUT2D eigenvalue weighted by molar-refractivity contribution is 1.06. The molecule has 0 saturated heterocycles. The van der Waals surface area contributed by atoms with E-state index >= 15 is 0 Å². The Morgan fingerprint density at radius 2 is 1.83 bits per heavy atom. The number of rotatable bonds is 3. The van der Waals surface area contributed by atoms with Gasteiger partial charge in [0.25, 0.3) is 0 Å². The highest BCUT2D eigenvalue weighted by atomic mass is 79.9. The maximum atomic E-state index is 5.64. The average molecular weight is 322 g/mol. The first-order valence-corrected chi connectivity index (χ1v) is 7.44. The predicted molar refractivity (Wildman–Crippen MR) is 82.1 cm³/mol. The van der Waals surface area contributed by atoms with Crippen molar-refractivity contribution < 1.29 is 0 Å². The first-order chi connectivity index (χ1) is 8.60. The van der Waals surface area contributed by atoms with Crippen molar-refractivity contribution in [3.8, 4) is 0 Å². The molecular formula is C15H16BrNS. The van der Waals surface area contributed by atoms with Crippen molar-refractivity contribution in [2.45, 2.75) is 30.2 Å². The first kappa shape index (κ1) is 13.7. The SMILES string of the molecule is Cc1ccc(C)c(Sc2ccc(CN)cc2Br)c1. The molecule has 2 aromatic rings. The number of aryl methyl sites for hydroxylation is 2. The van der Waals surface area contributed by atoms with E-state index in [2.05, 4.69) is 66.2 Å². The summed E-state index contributed by atoms with van der Waals surface area (Å²) in [6.45, 7) is 4.84. The Morgan fingerprint density at radius 3 is 2.50 bits per heavy atom. The second-order valence-corrected chi connectivity index (χ2v) is 6.28. The van der Waals surface area contributed by atoms with Crippen molar-refractivity contribution in [1.29, 1.82) is 0 Å². The fourth-order valence-electron chi connectivity index (χ4n) is 1.69.